The normalized spacial score (nSPS) is 35.8. The van der Waals surface area contributed by atoms with Gasteiger partial charge in [0.15, 0.2) is 0 Å². The van der Waals surface area contributed by atoms with Gasteiger partial charge in [-0.05, 0) is 50.4 Å². The molecule has 0 amide bonds. The van der Waals surface area contributed by atoms with Crippen LogP contribution in [0.5, 0.6) is 0 Å². The van der Waals surface area contributed by atoms with Crippen LogP contribution < -0.4 is 0 Å². The third-order valence-corrected chi connectivity index (χ3v) is 5.20. The van der Waals surface area contributed by atoms with Gasteiger partial charge in [0.1, 0.15) is 5.60 Å². The van der Waals surface area contributed by atoms with Gasteiger partial charge in [-0.3, -0.25) is 0 Å². The standard InChI is InChI=1S/C15H25NO2/c1-3-12-6-8-14(10-16,9-7-12)15(17,11-18-2)13-4-5-13/h12-13,17H,3-9,11H2,1-2H3. The first-order valence-corrected chi connectivity index (χ1v) is 7.24. The number of rotatable bonds is 5. The predicted octanol–water partition coefficient (Wildman–Crippen LogP) is 2.88. The minimum Gasteiger partial charge on any atom is -0.386 e. The highest BCUT2D eigenvalue weighted by Gasteiger charge is 2.59. The summed E-state index contributed by atoms with van der Waals surface area (Å²) >= 11 is 0. The first-order valence-electron chi connectivity index (χ1n) is 7.24. The van der Waals surface area contributed by atoms with Gasteiger partial charge in [-0.25, -0.2) is 0 Å². The van der Waals surface area contributed by atoms with E-state index in [1.165, 1.54) is 6.42 Å². The maximum Gasteiger partial charge on any atom is 0.109 e. The summed E-state index contributed by atoms with van der Waals surface area (Å²) in [5.41, 5.74) is -1.49. The molecule has 1 unspecified atom stereocenters. The van der Waals surface area contributed by atoms with Crippen molar-refractivity contribution < 1.29 is 9.84 Å². The molecule has 3 nitrogen and oxygen atoms in total. The highest BCUT2D eigenvalue weighted by molar-refractivity contribution is 5.17. The molecule has 1 N–H and O–H groups in total. The second-order valence-corrected chi connectivity index (χ2v) is 6.18. The fraction of sp³-hybridized carbons (Fsp3) is 0.933. The highest BCUT2D eigenvalue weighted by Crippen LogP contribution is 2.55. The van der Waals surface area contributed by atoms with Crippen LogP contribution in [0.3, 0.4) is 0 Å². The largest absolute Gasteiger partial charge is 0.386 e. The Balaban J connectivity index is 2.18. The SMILES string of the molecule is CCC1CCC(C#N)(C(O)(COC)C2CC2)CC1. The molecule has 2 fully saturated rings. The topological polar surface area (TPSA) is 53.2 Å². The van der Waals surface area contributed by atoms with Crippen LogP contribution in [0.1, 0.15) is 51.9 Å². The van der Waals surface area contributed by atoms with Crippen molar-refractivity contribution in [2.24, 2.45) is 17.3 Å². The fourth-order valence-corrected chi connectivity index (χ4v) is 3.65. The summed E-state index contributed by atoms with van der Waals surface area (Å²) in [6.45, 7) is 2.52. The Morgan fingerprint density at radius 1 is 1.33 bits per heavy atom. The molecule has 2 aliphatic carbocycles. The lowest BCUT2D eigenvalue weighted by atomic mass is 9.60. The Kier molecular flexibility index (Phi) is 3.99. The molecule has 102 valence electrons. The Hall–Kier alpha value is -0.590. The van der Waals surface area contributed by atoms with Crippen molar-refractivity contribution in [1.82, 2.24) is 0 Å². The van der Waals surface area contributed by atoms with Crippen molar-refractivity contribution in [2.75, 3.05) is 13.7 Å². The van der Waals surface area contributed by atoms with Gasteiger partial charge in [-0.2, -0.15) is 5.26 Å². The zero-order chi connectivity index (χ0) is 13.2. The molecule has 0 bridgehead atoms. The van der Waals surface area contributed by atoms with E-state index in [2.05, 4.69) is 13.0 Å². The van der Waals surface area contributed by atoms with Crippen molar-refractivity contribution in [2.45, 2.75) is 57.5 Å². The smallest absolute Gasteiger partial charge is 0.109 e. The number of hydrogen-bond donors (Lipinski definition) is 1. The van der Waals surface area contributed by atoms with Gasteiger partial charge >= 0.3 is 0 Å². The quantitative estimate of drug-likeness (QED) is 0.817. The highest BCUT2D eigenvalue weighted by atomic mass is 16.5. The van der Waals surface area contributed by atoms with Crippen LogP contribution in [-0.4, -0.2) is 24.4 Å². The van der Waals surface area contributed by atoms with E-state index in [9.17, 15) is 10.4 Å². The van der Waals surface area contributed by atoms with Crippen molar-refractivity contribution in [3.63, 3.8) is 0 Å². The van der Waals surface area contributed by atoms with E-state index < -0.39 is 11.0 Å². The summed E-state index contributed by atoms with van der Waals surface area (Å²) in [4.78, 5) is 0. The first-order chi connectivity index (χ1) is 8.62. The average Bonchev–Trinajstić information content (AvgIpc) is 3.23. The Morgan fingerprint density at radius 2 is 1.94 bits per heavy atom. The van der Waals surface area contributed by atoms with Crippen LogP contribution in [-0.2, 0) is 4.74 Å². The van der Waals surface area contributed by atoms with Gasteiger partial charge in [-0.15, -0.1) is 0 Å². The maximum absolute atomic E-state index is 11.0. The first kappa shape index (κ1) is 13.8. The summed E-state index contributed by atoms with van der Waals surface area (Å²) in [5, 5.41) is 20.7. The molecule has 0 aromatic heterocycles. The zero-order valence-corrected chi connectivity index (χ0v) is 11.6. The van der Waals surface area contributed by atoms with Crippen LogP contribution in [0.25, 0.3) is 0 Å². The monoisotopic (exact) mass is 251 g/mol. The van der Waals surface area contributed by atoms with E-state index in [1.54, 1.807) is 7.11 Å². The number of ether oxygens (including phenoxy) is 1. The van der Waals surface area contributed by atoms with E-state index in [0.29, 0.717) is 6.61 Å². The van der Waals surface area contributed by atoms with Gasteiger partial charge in [0.25, 0.3) is 0 Å². The second kappa shape index (κ2) is 5.19. The molecule has 0 aromatic carbocycles. The predicted molar refractivity (Wildman–Crippen MR) is 69.8 cm³/mol. The number of methoxy groups -OCH3 is 1. The number of nitriles is 1. The minimum absolute atomic E-state index is 0.273. The van der Waals surface area contributed by atoms with E-state index in [0.717, 1.165) is 44.4 Å². The Morgan fingerprint density at radius 3 is 2.33 bits per heavy atom. The van der Waals surface area contributed by atoms with E-state index in [1.807, 2.05) is 0 Å². The summed E-state index contributed by atoms with van der Waals surface area (Å²) < 4.78 is 5.24. The molecular weight excluding hydrogens is 226 g/mol. The molecule has 0 aliphatic heterocycles. The Labute approximate surface area is 110 Å². The zero-order valence-electron chi connectivity index (χ0n) is 11.6. The lowest BCUT2D eigenvalue weighted by Crippen LogP contribution is -2.54. The summed E-state index contributed by atoms with van der Waals surface area (Å²) in [6, 6.07) is 2.48. The third-order valence-electron chi connectivity index (χ3n) is 5.20. The van der Waals surface area contributed by atoms with E-state index in [4.69, 9.17) is 4.74 Å². The van der Waals surface area contributed by atoms with Gasteiger partial charge < -0.3 is 9.84 Å². The minimum atomic E-state index is -0.921. The maximum atomic E-state index is 11.0. The molecular formula is C15H25NO2. The van der Waals surface area contributed by atoms with Crippen LogP contribution in [0.15, 0.2) is 0 Å². The lowest BCUT2D eigenvalue weighted by molar-refractivity contribution is -0.133. The van der Waals surface area contributed by atoms with Crippen molar-refractivity contribution in [3.8, 4) is 6.07 Å². The fourth-order valence-electron chi connectivity index (χ4n) is 3.65. The molecule has 2 aliphatic rings. The molecule has 0 aromatic rings. The van der Waals surface area contributed by atoms with E-state index >= 15 is 0 Å². The van der Waals surface area contributed by atoms with Gasteiger partial charge in [0.05, 0.1) is 18.1 Å². The van der Waals surface area contributed by atoms with Crippen molar-refractivity contribution in [3.05, 3.63) is 0 Å². The molecule has 0 spiro atoms. The average molecular weight is 251 g/mol. The number of aliphatic hydroxyl groups is 1. The molecule has 2 saturated carbocycles. The molecule has 0 radical (unpaired) electrons. The number of nitrogens with zero attached hydrogens (tertiary/aromatic N) is 1. The summed E-state index contributed by atoms with van der Waals surface area (Å²) in [7, 11) is 1.62. The third kappa shape index (κ3) is 2.17. The van der Waals surface area contributed by atoms with Crippen LogP contribution >= 0.6 is 0 Å². The summed E-state index contributed by atoms with van der Waals surface area (Å²) in [6.07, 6.45) is 7.08. The molecule has 0 saturated heterocycles. The van der Waals surface area contributed by atoms with Gasteiger partial charge in [0.2, 0.25) is 0 Å². The molecule has 1 atom stereocenters. The van der Waals surface area contributed by atoms with Crippen LogP contribution in [0.4, 0.5) is 0 Å². The second-order valence-electron chi connectivity index (χ2n) is 6.18. The van der Waals surface area contributed by atoms with Crippen molar-refractivity contribution in [1.29, 1.82) is 5.26 Å². The van der Waals surface area contributed by atoms with Crippen LogP contribution in [0, 0.1) is 28.6 Å². The Bertz CT molecular complexity index is 324. The summed E-state index contributed by atoms with van der Waals surface area (Å²) in [5.74, 6) is 1.01. The van der Waals surface area contributed by atoms with Crippen molar-refractivity contribution >= 4 is 0 Å². The molecule has 0 heterocycles. The van der Waals surface area contributed by atoms with Crippen LogP contribution in [0.2, 0.25) is 0 Å². The van der Waals surface area contributed by atoms with Gasteiger partial charge in [-0.1, -0.05) is 13.3 Å². The molecule has 18 heavy (non-hydrogen) atoms. The molecule has 2 rings (SSSR count). The lowest BCUT2D eigenvalue weighted by Gasteiger charge is -2.46. The molecule has 3 heteroatoms. The number of hydrogen-bond acceptors (Lipinski definition) is 3. The van der Waals surface area contributed by atoms with Gasteiger partial charge in [0, 0.05) is 7.11 Å². The van der Waals surface area contributed by atoms with E-state index in [-0.39, 0.29) is 5.92 Å².